The molecular formula is C26H29N3O2. The van der Waals surface area contributed by atoms with E-state index in [0.29, 0.717) is 0 Å². The van der Waals surface area contributed by atoms with Crippen LogP contribution in [0.3, 0.4) is 0 Å². The lowest BCUT2D eigenvalue weighted by Crippen LogP contribution is -2.40. The van der Waals surface area contributed by atoms with Crippen molar-refractivity contribution in [2.24, 2.45) is 5.92 Å². The Hall–Kier alpha value is -3.18. The zero-order valence-electron chi connectivity index (χ0n) is 18.2. The second-order valence-corrected chi connectivity index (χ2v) is 8.14. The number of likely N-dealkylation sites (tertiary alicyclic amines) is 1. The van der Waals surface area contributed by atoms with Gasteiger partial charge in [0.1, 0.15) is 5.75 Å². The Bertz CT molecular complexity index is 1030. The molecule has 0 radical (unpaired) electrons. The molecule has 3 aromatic rings. The Morgan fingerprint density at radius 3 is 2.68 bits per heavy atom. The van der Waals surface area contributed by atoms with Crippen molar-refractivity contribution in [1.82, 2.24) is 9.88 Å². The van der Waals surface area contributed by atoms with E-state index in [9.17, 15) is 4.79 Å². The fourth-order valence-electron chi connectivity index (χ4n) is 4.12. The first-order chi connectivity index (χ1) is 15.1. The number of aromatic nitrogens is 1. The molecule has 1 N–H and O–H groups in total. The van der Waals surface area contributed by atoms with Gasteiger partial charge in [0.15, 0.2) is 0 Å². The van der Waals surface area contributed by atoms with E-state index in [4.69, 9.17) is 4.74 Å². The minimum atomic E-state index is -0.00313. The zero-order valence-corrected chi connectivity index (χ0v) is 18.2. The highest BCUT2D eigenvalue weighted by molar-refractivity contribution is 5.93. The molecule has 2 aromatic carbocycles. The number of anilines is 1. The molecule has 0 bridgehead atoms. The van der Waals surface area contributed by atoms with Crippen LogP contribution in [0.15, 0.2) is 66.7 Å². The first-order valence-corrected chi connectivity index (χ1v) is 10.8. The monoisotopic (exact) mass is 415 g/mol. The largest absolute Gasteiger partial charge is 0.497 e. The Kier molecular flexibility index (Phi) is 6.63. The third-order valence-electron chi connectivity index (χ3n) is 5.76. The van der Waals surface area contributed by atoms with Crippen LogP contribution in [0.5, 0.6) is 5.75 Å². The van der Waals surface area contributed by atoms with Gasteiger partial charge in [-0.1, -0.05) is 30.3 Å². The Labute approximate surface area is 184 Å². The van der Waals surface area contributed by atoms with Crippen molar-refractivity contribution in [2.75, 3.05) is 25.5 Å². The van der Waals surface area contributed by atoms with Crippen LogP contribution in [0.1, 0.15) is 24.2 Å². The number of carbonyl (C=O) groups excluding carboxylic acids is 1. The smallest absolute Gasteiger partial charge is 0.228 e. The van der Waals surface area contributed by atoms with E-state index in [-0.39, 0.29) is 11.8 Å². The molecule has 2 heterocycles. The molecule has 1 amide bonds. The van der Waals surface area contributed by atoms with Gasteiger partial charge in [0.05, 0.1) is 18.7 Å². The standard InChI is InChI=1S/C26H29N3O2/c1-19-6-3-9-24(27-19)18-29-15-5-8-22(17-29)26(30)28-23-13-11-20(12-14-23)21-7-4-10-25(16-21)31-2/h3-4,6-7,9-14,16,22H,5,8,15,17-18H2,1-2H3,(H,28,30). The molecule has 1 unspecified atom stereocenters. The molecule has 0 spiro atoms. The van der Waals surface area contributed by atoms with Crippen LogP contribution >= 0.6 is 0 Å². The number of piperidine rings is 1. The minimum Gasteiger partial charge on any atom is -0.497 e. The lowest BCUT2D eigenvalue weighted by molar-refractivity contribution is -0.121. The van der Waals surface area contributed by atoms with Crippen molar-refractivity contribution < 1.29 is 9.53 Å². The highest BCUT2D eigenvalue weighted by atomic mass is 16.5. The van der Waals surface area contributed by atoms with Gasteiger partial charge in [-0.3, -0.25) is 14.7 Å². The summed E-state index contributed by atoms with van der Waals surface area (Å²) in [6, 6.07) is 22.1. The van der Waals surface area contributed by atoms with Gasteiger partial charge in [-0.15, -0.1) is 0 Å². The number of hydrogen-bond donors (Lipinski definition) is 1. The van der Waals surface area contributed by atoms with Crippen molar-refractivity contribution in [2.45, 2.75) is 26.3 Å². The molecule has 1 aliphatic rings. The van der Waals surface area contributed by atoms with Crippen molar-refractivity contribution in [3.05, 3.63) is 78.1 Å². The maximum Gasteiger partial charge on any atom is 0.228 e. The zero-order chi connectivity index (χ0) is 21.6. The summed E-state index contributed by atoms with van der Waals surface area (Å²) in [5.41, 5.74) is 5.10. The van der Waals surface area contributed by atoms with E-state index >= 15 is 0 Å². The van der Waals surface area contributed by atoms with Gasteiger partial charge < -0.3 is 10.1 Å². The summed E-state index contributed by atoms with van der Waals surface area (Å²) in [5.74, 6) is 0.922. The average Bonchev–Trinajstić information content (AvgIpc) is 2.80. The predicted molar refractivity (Wildman–Crippen MR) is 124 cm³/mol. The number of methoxy groups -OCH3 is 1. The number of hydrogen-bond acceptors (Lipinski definition) is 4. The third kappa shape index (κ3) is 5.50. The minimum absolute atomic E-state index is 0.00313. The van der Waals surface area contributed by atoms with Gasteiger partial charge in [-0.25, -0.2) is 0 Å². The van der Waals surface area contributed by atoms with E-state index in [0.717, 1.165) is 66.4 Å². The number of rotatable bonds is 6. The number of nitrogens with one attached hydrogen (secondary N) is 1. The Morgan fingerprint density at radius 1 is 1.10 bits per heavy atom. The normalized spacial score (nSPS) is 16.6. The van der Waals surface area contributed by atoms with E-state index in [1.807, 2.05) is 61.5 Å². The number of aryl methyl sites for hydroxylation is 1. The fourth-order valence-corrected chi connectivity index (χ4v) is 4.12. The predicted octanol–water partition coefficient (Wildman–Crippen LogP) is 4.92. The van der Waals surface area contributed by atoms with Gasteiger partial charge in [0.2, 0.25) is 5.91 Å². The molecule has 1 atom stereocenters. The summed E-state index contributed by atoms with van der Waals surface area (Å²) >= 11 is 0. The maximum atomic E-state index is 12.9. The van der Waals surface area contributed by atoms with Gasteiger partial charge >= 0.3 is 0 Å². The molecule has 1 saturated heterocycles. The molecule has 31 heavy (non-hydrogen) atoms. The average molecular weight is 416 g/mol. The molecule has 0 aliphatic carbocycles. The lowest BCUT2D eigenvalue weighted by atomic mass is 9.96. The van der Waals surface area contributed by atoms with Gasteiger partial charge in [0, 0.05) is 24.5 Å². The second kappa shape index (κ2) is 9.75. The molecule has 160 valence electrons. The van der Waals surface area contributed by atoms with Crippen LogP contribution in [0.2, 0.25) is 0 Å². The molecule has 1 aliphatic heterocycles. The number of ether oxygens (including phenoxy) is 1. The van der Waals surface area contributed by atoms with E-state index < -0.39 is 0 Å². The van der Waals surface area contributed by atoms with Crippen LogP contribution in [-0.2, 0) is 11.3 Å². The topological polar surface area (TPSA) is 54.5 Å². The first kappa shape index (κ1) is 21.1. The fraction of sp³-hybridized carbons (Fsp3) is 0.308. The summed E-state index contributed by atoms with van der Waals surface area (Å²) in [7, 11) is 1.67. The molecule has 1 fully saturated rings. The van der Waals surface area contributed by atoms with Crippen molar-refractivity contribution >= 4 is 11.6 Å². The van der Waals surface area contributed by atoms with Crippen LogP contribution in [0, 0.1) is 12.8 Å². The molecule has 0 saturated carbocycles. The van der Waals surface area contributed by atoms with Gasteiger partial charge in [-0.2, -0.15) is 0 Å². The number of pyridine rings is 1. The summed E-state index contributed by atoms with van der Waals surface area (Å²) in [6.45, 7) is 4.58. The molecule has 1 aromatic heterocycles. The Morgan fingerprint density at radius 2 is 1.90 bits per heavy atom. The SMILES string of the molecule is COc1cccc(-c2ccc(NC(=O)C3CCCN(Cc4cccc(C)n4)C3)cc2)c1. The van der Waals surface area contributed by atoms with Crippen molar-refractivity contribution in [3.8, 4) is 16.9 Å². The third-order valence-corrected chi connectivity index (χ3v) is 5.76. The second-order valence-electron chi connectivity index (χ2n) is 8.14. The van der Waals surface area contributed by atoms with E-state index in [2.05, 4.69) is 27.3 Å². The van der Waals surface area contributed by atoms with Crippen LogP contribution in [0.4, 0.5) is 5.69 Å². The number of carbonyl (C=O) groups is 1. The summed E-state index contributed by atoms with van der Waals surface area (Å²) in [6.07, 6.45) is 1.95. The van der Waals surface area contributed by atoms with E-state index in [1.165, 1.54) is 0 Å². The van der Waals surface area contributed by atoms with Gasteiger partial charge in [0.25, 0.3) is 0 Å². The van der Waals surface area contributed by atoms with Crippen LogP contribution in [-0.4, -0.2) is 36.0 Å². The molecule has 5 heteroatoms. The lowest BCUT2D eigenvalue weighted by Gasteiger charge is -2.31. The van der Waals surface area contributed by atoms with Crippen molar-refractivity contribution in [1.29, 1.82) is 0 Å². The maximum absolute atomic E-state index is 12.9. The van der Waals surface area contributed by atoms with Crippen molar-refractivity contribution in [3.63, 3.8) is 0 Å². The quantitative estimate of drug-likeness (QED) is 0.621. The number of benzene rings is 2. The summed E-state index contributed by atoms with van der Waals surface area (Å²) < 4.78 is 5.31. The number of amides is 1. The molecule has 4 rings (SSSR count). The van der Waals surface area contributed by atoms with Gasteiger partial charge in [-0.05, 0) is 73.8 Å². The Balaban J connectivity index is 1.36. The molecular weight excluding hydrogens is 386 g/mol. The summed E-state index contributed by atoms with van der Waals surface area (Å²) in [4.78, 5) is 19.8. The summed E-state index contributed by atoms with van der Waals surface area (Å²) in [5, 5.41) is 3.10. The molecule has 5 nitrogen and oxygen atoms in total. The first-order valence-electron chi connectivity index (χ1n) is 10.8. The highest BCUT2D eigenvalue weighted by Crippen LogP contribution is 2.26. The highest BCUT2D eigenvalue weighted by Gasteiger charge is 2.26. The van der Waals surface area contributed by atoms with E-state index in [1.54, 1.807) is 7.11 Å². The number of nitrogens with zero attached hydrogens (tertiary/aromatic N) is 2. The van der Waals surface area contributed by atoms with Crippen LogP contribution < -0.4 is 10.1 Å². The van der Waals surface area contributed by atoms with Crippen LogP contribution in [0.25, 0.3) is 11.1 Å².